The summed E-state index contributed by atoms with van der Waals surface area (Å²) >= 11 is 5.93. The Morgan fingerprint density at radius 2 is 1.67 bits per heavy atom. The van der Waals surface area contributed by atoms with Crippen LogP contribution >= 0.6 is 11.6 Å². The molecule has 0 spiro atoms. The number of benzene rings is 3. The maximum absolute atomic E-state index is 13.5. The Morgan fingerprint density at radius 3 is 2.30 bits per heavy atom. The average Bonchev–Trinajstić information content (AvgIpc) is 2.82. The molecule has 174 valence electrons. The number of methoxy groups -OCH3 is 1. The Morgan fingerprint density at radius 1 is 1.00 bits per heavy atom. The Kier molecular flexibility index (Phi) is 8.19. The van der Waals surface area contributed by atoms with E-state index in [0.717, 1.165) is 9.87 Å². The van der Waals surface area contributed by atoms with Gasteiger partial charge in [0.2, 0.25) is 5.91 Å². The van der Waals surface area contributed by atoms with Gasteiger partial charge in [0, 0.05) is 11.6 Å². The zero-order valence-corrected chi connectivity index (χ0v) is 19.9. The van der Waals surface area contributed by atoms with Gasteiger partial charge in [-0.2, -0.15) is 0 Å². The van der Waals surface area contributed by atoms with Gasteiger partial charge in [0.15, 0.2) is 0 Å². The van der Waals surface area contributed by atoms with Gasteiger partial charge in [-0.05, 0) is 61.0 Å². The summed E-state index contributed by atoms with van der Waals surface area (Å²) in [5, 5.41) is 3.18. The summed E-state index contributed by atoms with van der Waals surface area (Å²) in [6.45, 7) is 1.96. The van der Waals surface area contributed by atoms with Gasteiger partial charge in [0.1, 0.15) is 18.0 Å². The summed E-state index contributed by atoms with van der Waals surface area (Å²) in [5.41, 5.74) is 1.12. The van der Waals surface area contributed by atoms with E-state index in [1.807, 2.05) is 12.1 Å². The Balaban J connectivity index is 1.88. The number of anilines is 1. The van der Waals surface area contributed by atoms with Gasteiger partial charge in [-0.15, -0.1) is 0 Å². The second-order valence-electron chi connectivity index (χ2n) is 6.99. The van der Waals surface area contributed by atoms with Crippen LogP contribution in [0.2, 0.25) is 5.02 Å². The van der Waals surface area contributed by atoms with Crippen LogP contribution in [0, 0.1) is 0 Å². The van der Waals surface area contributed by atoms with Crippen LogP contribution in [0.1, 0.15) is 12.5 Å². The van der Waals surface area contributed by atoms with Gasteiger partial charge in [-0.25, -0.2) is 8.42 Å². The molecule has 0 aliphatic rings. The lowest BCUT2D eigenvalue weighted by atomic mass is 10.2. The molecule has 3 rings (SSSR count). The molecule has 3 aromatic carbocycles. The highest BCUT2D eigenvalue weighted by molar-refractivity contribution is 7.92. The van der Waals surface area contributed by atoms with Crippen LogP contribution in [0.3, 0.4) is 0 Å². The molecule has 1 N–H and O–H groups in total. The highest BCUT2D eigenvalue weighted by Gasteiger charge is 2.29. The van der Waals surface area contributed by atoms with Crippen molar-refractivity contribution < 1.29 is 22.7 Å². The number of hydrogen-bond acceptors (Lipinski definition) is 5. The third-order valence-corrected chi connectivity index (χ3v) is 6.80. The van der Waals surface area contributed by atoms with Crippen molar-refractivity contribution in [2.45, 2.75) is 18.4 Å². The predicted octanol–water partition coefficient (Wildman–Crippen LogP) is 4.26. The van der Waals surface area contributed by atoms with Crippen molar-refractivity contribution in [2.24, 2.45) is 0 Å². The summed E-state index contributed by atoms with van der Waals surface area (Å²) in [6, 6.07) is 19.7. The van der Waals surface area contributed by atoms with Crippen LogP contribution in [0.15, 0.2) is 77.7 Å². The van der Waals surface area contributed by atoms with Crippen molar-refractivity contribution in [3.63, 3.8) is 0 Å². The highest BCUT2D eigenvalue weighted by atomic mass is 35.5. The number of para-hydroxylation sites is 2. The largest absolute Gasteiger partial charge is 0.497 e. The normalized spacial score (nSPS) is 11.0. The monoisotopic (exact) mass is 488 g/mol. The number of nitrogens with one attached hydrogen (secondary N) is 1. The lowest BCUT2D eigenvalue weighted by Gasteiger charge is -2.26. The van der Waals surface area contributed by atoms with Crippen LogP contribution in [0.5, 0.6) is 11.5 Å². The minimum Gasteiger partial charge on any atom is -0.497 e. The third kappa shape index (κ3) is 6.18. The third-order valence-electron chi connectivity index (χ3n) is 4.77. The molecule has 3 aromatic rings. The average molecular weight is 489 g/mol. The molecule has 0 heterocycles. The number of halogens is 1. The van der Waals surface area contributed by atoms with E-state index >= 15 is 0 Å². The molecule has 0 saturated carbocycles. The van der Waals surface area contributed by atoms with Crippen LogP contribution in [-0.4, -0.2) is 34.6 Å². The lowest BCUT2D eigenvalue weighted by Crippen LogP contribution is -2.40. The number of ether oxygens (including phenoxy) is 2. The molecular weight excluding hydrogens is 464 g/mol. The van der Waals surface area contributed by atoms with E-state index in [2.05, 4.69) is 5.32 Å². The van der Waals surface area contributed by atoms with Crippen molar-refractivity contribution in [1.29, 1.82) is 0 Å². The molecule has 1 amide bonds. The van der Waals surface area contributed by atoms with E-state index in [0.29, 0.717) is 23.1 Å². The number of hydrogen-bond donors (Lipinski definition) is 1. The van der Waals surface area contributed by atoms with Crippen LogP contribution in [0.25, 0.3) is 0 Å². The number of carbonyl (C=O) groups excluding carboxylic acids is 1. The first-order valence-corrected chi connectivity index (χ1v) is 12.1. The molecule has 7 nitrogen and oxygen atoms in total. The van der Waals surface area contributed by atoms with Crippen LogP contribution in [-0.2, 0) is 21.4 Å². The fourth-order valence-electron chi connectivity index (χ4n) is 3.10. The second-order valence-corrected chi connectivity index (χ2v) is 9.29. The minimum atomic E-state index is -4.08. The van der Waals surface area contributed by atoms with Gasteiger partial charge in [0.05, 0.1) is 24.3 Å². The van der Waals surface area contributed by atoms with Gasteiger partial charge >= 0.3 is 0 Å². The molecule has 0 fully saturated rings. The quantitative estimate of drug-likeness (QED) is 0.461. The van der Waals surface area contributed by atoms with Crippen LogP contribution < -0.4 is 19.1 Å². The van der Waals surface area contributed by atoms with E-state index in [9.17, 15) is 13.2 Å². The van der Waals surface area contributed by atoms with Crippen molar-refractivity contribution in [1.82, 2.24) is 5.32 Å². The van der Waals surface area contributed by atoms with Gasteiger partial charge in [0.25, 0.3) is 10.0 Å². The molecule has 0 aromatic heterocycles. The Bertz CT molecular complexity index is 1180. The van der Waals surface area contributed by atoms with Crippen molar-refractivity contribution in [3.05, 3.63) is 83.4 Å². The summed E-state index contributed by atoms with van der Waals surface area (Å²) in [7, 11) is -2.51. The van der Waals surface area contributed by atoms with Crippen LogP contribution in [0.4, 0.5) is 5.69 Å². The maximum Gasteiger partial charge on any atom is 0.264 e. The number of nitrogens with zero attached hydrogens (tertiary/aromatic N) is 1. The molecular formula is C24H25ClN2O5S. The molecule has 0 aliphatic heterocycles. The SMILES string of the molecule is CCOc1ccccc1N(CC(=O)NCc1ccc(OC)cc1)S(=O)(=O)c1ccc(Cl)cc1. The maximum atomic E-state index is 13.5. The molecule has 0 bridgehead atoms. The van der Waals surface area contributed by atoms with E-state index in [-0.39, 0.29) is 17.1 Å². The van der Waals surface area contributed by atoms with Crippen molar-refractivity contribution in [3.8, 4) is 11.5 Å². The number of sulfonamides is 1. The molecule has 0 aliphatic carbocycles. The highest BCUT2D eigenvalue weighted by Crippen LogP contribution is 2.32. The predicted molar refractivity (Wildman–Crippen MR) is 128 cm³/mol. The summed E-state index contributed by atoms with van der Waals surface area (Å²) in [5.74, 6) is 0.605. The van der Waals surface area contributed by atoms with E-state index < -0.39 is 22.5 Å². The summed E-state index contributed by atoms with van der Waals surface area (Å²) in [6.07, 6.45) is 0. The van der Waals surface area contributed by atoms with E-state index in [4.69, 9.17) is 21.1 Å². The Hall–Kier alpha value is -3.23. The topological polar surface area (TPSA) is 84.9 Å². The first-order chi connectivity index (χ1) is 15.8. The molecule has 0 saturated heterocycles. The summed E-state index contributed by atoms with van der Waals surface area (Å²) in [4.78, 5) is 12.8. The molecule has 0 unspecified atom stereocenters. The van der Waals surface area contributed by atoms with E-state index in [1.165, 1.54) is 24.3 Å². The standard InChI is InChI=1S/C24H25ClN2O5S/c1-3-32-23-7-5-4-6-22(23)27(33(29,30)21-14-10-19(25)11-15-21)17-24(28)26-16-18-8-12-20(31-2)13-9-18/h4-15H,3,16-17H2,1-2H3,(H,26,28). The minimum absolute atomic E-state index is 0.0150. The molecule has 9 heteroatoms. The number of amides is 1. The van der Waals surface area contributed by atoms with E-state index in [1.54, 1.807) is 50.4 Å². The first-order valence-electron chi connectivity index (χ1n) is 10.2. The van der Waals surface area contributed by atoms with Crippen molar-refractivity contribution >= 4 is 33.2 Å². The Labute approximate surface area is 198 Å². The molecule has 33 heavy (non-hydrogen) atoms. The zero-order chi connectivity index (χ0) is 23.8. The lowest BCUT2D eigenvalue weighted by molar-refractivity contribution is -0.119. The summed E-state index contributed by atoms with van der Waals surface area (Å²) < 4.78 is 38.8. The fraction of sp³-hybridized carbons (Fsp3) is 0.208. The van der Waals surface area contributed by atoms with Crippen molar-refractivity contribution in [2.75, 3.05) is 24.6 Å². The number of carbonyl (C=O) groups is 1. The van der Waals surface area contributed by atoms with Gasteiger partial charge in [-0.3, -0.25) is 9.10 Å². The smallest absolute Gasteiger partial charge is 0.264 e. The second kappa shape index (κ2) is 11.1. The zero-order valence-electron chi connectivity index (χ0n) is 18.3. The molecule has 0 atom stereocenters. The molecule has 0 radical (unpaired) electrons. The number of rotatable bonds is 10. The van der Waals surface area contributed by atoms with Gasteiger partial charge in [-0.1, -0.05) is 35.9 Å². The van der Waals surface area contributed by atoms with Gasteiger partial charge < -0.3 is 14.8 Å². The first kappa shape index (κ1) is 24.4. The fourth-order valence-corrected chi connectivity index (χ4v) is 4.66.